The second-order valence-corrected chi connectivity index (χ2v) is 5.91. The van der Waals surface area contributed by atoms with E-state index in [0.717, 1.165) is 28.7 Å². The quantitative estimate of drug-likeness (QED) is 0.570. The molecule has 4 rings (SSSR count). The molecule has 0 aliphatic rings. The molecule has 0 aliphatic carbocycles. The lowest BCUT2D eigenvalue weighted by atomic mass is 10.1. The van der Waals surface area contributed by atoms with Crippen LogP contribution in [0.5, 0.6) is 0 Å². The largest absolute Gasteiger partial charge is 0.339 e. The number of nitrogens with zero attached hydrogens (tertiary/aromatic N) is 4. The van der Waals surface area contributed by atoms with Crippen LogP contribution in [0.25, 0.3) is 22.4 Å². The third-order valence-electron chi connectivity index (χ3n) is 4.16. The fourth-order valence-electron chi connectivity index (χ4n) is 2.78. The number of aromatic nitrogens is 4. The van der Waals surface area contributed by atoms with Crippen molar-refractivity contribution in [1.82, 2.24) is 19.7 Å². The van der Waals surface area contributed by atoms with Gasteiger partial charge in [0.2, 0.25) is 11.7 Å². The van der Waals surface area contributed by atoms with Crippen molar-refractivity contribution in [2.75, 3.05) is 0 Å². The summed E-state index contributed by atoms with van der Waals surface area (Å²) in [6, 6.07) is 14.4. The number of aryl methyl sites for hydroxylation is 2. The monoisotopic (exact) mass is 318 g/mol. The summed E-state index contributed by atoms with van der Waals surface area (Å²) in [5.74, 6) is 1.22. The molecule has 0 saturated heterocycles. The minimum Gasteiger partial charge on any atom is -0.339 e. The van der Waals surface area contributed by atoms with Crippen LogP contribution in [-0.4, -0.2) is 19.7 Å². The molecule has 0 unspecified atom stereocenters. The molecule has 0 amide bonds. The molecule has 0 fully saturated rings. The molecule has 0 saturated carbocycles. The Labute approximate surface area is 140 Å². The van der Waals surface area contributed by atoms with Gasteiger partial charge >= 0.3 is 0 Å². The maximum Gasteiger partial charge on any atom is 0.231 e. The number of imidazole rings is 1. The highest BCUT2D eigenvalue weighted by Gasteiger charge is 2.11. The molecule has 0 atom stereocenters. The third kappa shape index (κ3) is 2.69. The summed E-state index contributed by atoms with van der Waals surface area (Å²) in [4.78, 5) is 8.95. The van der Waals surface area contributed by atoms with Gasteiger partial charge in [-0.3, -0.25) is 0 Å². The Morgan fingerprint density at radius 2 is 1.92 bits per heavy atom. The summed E-state index contributed by atoms with van der Waals surface area (Å²) < 4.78 is 7.51. The van der Waals surface area contributed by atoms with Gasteiger partial charge in [-0.15, -0.1) is 0 Å². The molecule has 0 aliphatic heterocycles. The first-order chi connectivity index (χ1) is 11.7. The Hall–Kier alpha value is -2.95. The average Bonchev–Trinajstić information content (AvgIpc) is 3.23. The van der Waals surface area contributed by atoms with Gasteiger partial charge in [-0.2, -0.15) is 4.98 Å². The Kier molecular flexibility index (Phi) is 3.61. The zero-order chi connectivity index (χ0) is 16.5. The van der Waals surface area contributed by atoms with Crippen LogP contribution < -0.4 is 0 Å². The lowest BCUT2D eigenvalue weighted by molar-refractivity contribution is 0.385. The van der Waals surface area contributed by atoms with E-state index in [2.05, 4.69) is 63.9 Å². The summed E-state index contributed by atoms with van der Waals surface area (Å²) in [6.45, 7) is 5.08. The van der Waals surface area contributed by atoms with Gasteiger partial charge in [0.1, 0.15) is 0 Å². The first-order valence-corrected chi connectivity index (χ1v) is 8.06. The van der Waals surface area contributed by atoms with E-state index in [9.17, 15) is 0 Å². The normalized spacial score (nSPS) is 11.2. The summed E-state index contributed by atoms with van der Waals surface area (Å²) in [7, 11) is 0. The van der Waals surface area contributed by atoms with Crippen molar-refractivity contribution in [1.29, 1.82) is 0 Å². The number of fused-ring (bicyclic) bond motifs is 1. The maximum absolute atomic E-state index is 5.40. The van der Waals surface area contributed by atoms with E-state index in [1.807, 2.05) is 18.5 Å². The Balaban J connectivity index is 1.61. The molecular weight excluding hydrogens is 300 g/mol. The van der Waals surface area contributed by atoms with Crippen molar-refractivity contribution in [2.24, 2.45) is 0 Å². The molecule has 2 heterocycles. The molecule has 0 N–H and O–H groups in total. The van der Waals surface area contributed by atoms with Gasteiger partial charge in [-0.05, 0) is 37.6 Å². The first-order valence-electron chi connectivity index (χ1n) is 8.06. The Morgan fingerprint density at radius 1 is 1.08 bits per heavy atom. The molecule has 24 heavy (non-hydrogen) atoms. The van der Waals surface area contributed by atoms with Crippen LogP contribution in [0.15, 0.2) is 53.3 Å². The summed E-state index contributed by atoms with van der Waals surface area (Å²) in [6.07, 6.45) is 2.49. The van der Waals surface area contributed by atoms with E-state index in [1.54, 1.807) is 0 Å². The molecule has 2 aromatic heterocycles. The van der Waals surface area contributed by atoms with Crippen LogP contribution in [0.4, 0.5) is 0 Å². The fourth-order valence-corrected chi connectivity index (χ4v) is 2.78. The SMILES string of the molecule is CCn1cnc2cc(-c3noc(Cc4ccc(C)cc4)n3)ccc21. The average molecular weight is 318 g/mol. The highest BCUT2D eigenvalue weighted by Crippen LogP contribution is 2.22. The van der Waals surface area contributed by atoms with E-state index in [0.29, 0.717) is 18.1 Å². The van der Waals surface area contributed by atoms with Gasteiger partial charge in [-0.25, -0.2) is 4.98 Å². The Morgan fingerprint density at radius 3 is 2.71 bits per heavy atom. The topological polar surface area (TPSA) is 56.7 Å². The van der Waals surface area contributed by atoms with Crippen molar-refractivity contribution in [3.63, 3.8) is 0 Å². The number of hydrogen-bond donors (Lipinski definition) is 0. The third-order valence-corrected chi connectivity index (χ3v) is 4.16. The van der Waals surface area contributed by atoms with Crippen molar-refractivity contribution in [3.05, 3.63) is 65.8 Å². The first kappa shape index (κ1) is 14.6. The van der Waals surface area contributed by atoms with Crippen LogP contribution in [0.1, 0.15) is 23.9 Å². The second kappa shape index (κ2) is 5.92. The fraction of sp³-hybridized carbons (Fsp3) is 0.211. The van der Waals surface area contributed by atoms with Crippen LogP contribution in [0, 0.1) is 6.92 Å². The van der Waals surface area contributed by atoms with Gasteiger partial charge in [0.15, 0.2) is 0 Å². The molecular formula is C19H18N4O. The van der Waals surface area contributed by atoms with Gasteiger partial charge < -0.3 is 9.09 Å². The maximum atomic E-state index is 5.40. The highest BCUT2D eigenvalue weighted by molar-refractivity contribution is 5.80. The van der Waals surface area contributed by atoms with Crippen LogP contribution >= 0.6 is 0 Å². The molecule has 5 nitrogen and oxygen atoms in total. The van der Waals surface area contributed by atoms with Gasteiger partial charge in [0.25, 0.3) is 0 Å². The number of rotatable bonds is 4. The van der Waals surface area contributed by atoms with Crippen molar-refractivity contribution >= 4 is 11.0 Å². The van der Waals surface area contributed by atoms with Crippen molar-refractivity contribution in [3.8, 4) is 11.4 Å². The predicted octanol–water partition coefficient (Wildman–Crippen LogP) is 4.01. The zero-order valence-corrected chi connectivity index (χ0v) is 13.7. The molecule has 120 valence electrons. The predicted molar refractivity (Wildman–Crippen MR) is 92.7 cm³/mol. The zero-order valence-electron chi connectivity index (χ0n) is 13.7. The molecule has 0 radical (unpaired) electrons. The number of benzene rings is 2. The minimum absolute atomic E-state index is 0.602. The van der Waals surface area contributed by atoms with Gasteiger partial charge in [-0.1, -0.05) is 35.0 Å². The van der Waals surface area contributed by atoms with E-state index in [1.165, 1.54) is 5.56 Å². The van der Waals surface area contributed by atoms with Gasteiger partial charge in [0.05, 0.1) is 23.8 Å². The van der Waals surface area contributed by atoms with Crippen molar-refractivity contribution < 1.29 is 4.52 Å². The van der Waals surface area contributed by atoms with Crippen LogP contribution in [0.2, 0.25) is 0 Å². The van der Waals surface area contributed by atoms with Crippen LogP contribution in [0.3, 0.4) is 0 Å². The number of hydrogen-bond acceptors (Lipinski definition) is 4. The molecule has 4 aromatic rings. The lowest BCUT2D eigenvalue weighted by Gasteiger charge is -1.99. The van der Waals surface area contributed by atoms with E-state index in [4.69, 9.17) is 4.52 Å². The summed E-state index contributed by atoms with van der Waals surface area (Å²) in [5.41, 5.74) is 5.38. The Bertz CT molecular complexity index is 982. The van der Waals surface area contributed by atoms with E-state index >= 15 is 0 Å². The summed E-state index contributed by atoms with van der Waals surface area (Å²) >= 11 is 0. The van der Waals surface area contributed by atoms with Crippen molar-refractivity contribution in [2.45, 2.75) is 26.8 Å². The van der Waals surface area contributed by atoms with E-state index < -0.39 is 0 Å². The van der Waals surface area contributed by atoms with E-state index in [-0.39, 0.29) is 0 Å². The molecule has 0 bridgehead atoms. The standard InChI is InChI=1S/C19H18N4O/c1-3-23-12-20-16-11-15(8-9-17(16)23)19-21-18(24-22-19)10-14-6-4-13(2)5-7-14/h4-9,11-12H,3,10H2,1-2H3. The molecule has 0 spiro atoms. The highest BCUT2D eigenvalue weighted by atomic mass is 16.5. The van der Waals surface area contributed by atoms with Gasteiger partial charge in [0, 0.05) is 12.1 Å². The van der Waals surface area contributed by atoms with Crippen LogP contribution in [-0.2, 0) is 13.0 Å². The second-order valence-electron chi connectivity index (χ2n) is 5.91. The lowest BCUT2D eigenvalue weighted by Crippen LogP contribution is -1.91. The minimum atomic E-state index is 0.602. The molecule has 5 heteroatoms. The smallest absolute Gasteiger partial charge is 0.231 e. The summed E-state index contributed by atoms with van der Waals surface area (Å²) in [5, 5.41) is 4.11. The molecule has 2 aromatic carbocycles.